The van der Waals surface area contributed by atoms with Crippen LogP contribution in [-0.4, -0.2) is 26.2 Å². The van der Waals surface area contributed by atoms with Gasteiger partial charge in [0.15, 0.2) is 0 Å². The second-order valence-electron chi connectivity index (χ2n) is 6.69. The SMILES string of the molecule is CN1CCc2cc3c(cc21)CCN3C(=O)Nc1cccc(C(F)(F)F)c1. The number of hydrogen-bond donors (Lipinski definition) is 1. The number of carbonyl (C=O) groups excluding carboxylic acids is 1. The smallest absolute Gasteiger partial charge is 0.374 e. The van der Waals surface area contributed by atoms with E-state index in [2.05, 4.69) is 16.3 Å². The fourth-order valence-electron chi connectivity index (χ4n) is 3.61. The van der Waals surface area contributed by atoms with Crippen molar-refractivity contribution >= 4 is 23.1 Å². The summed E-state index contributed by atoms with van der Waals surface area (Å²) in [6, 6.07) is 8.44. The maximum atomic E-state index is 12.8. The number of nitrogens with one attached hydrogen (secondary N) is 1. The molecule has 26 heavy (non-hydrogen) atoms. The second-order valence-corrected chi connectivity index (χ2v) is 6.69. The van der Waals surface area contributed by atoms with E-state index in [1.165, 1.54) is 23.4 Å². The van der Waals surface area contributed by atoms with Crippen LogP contribution in [0.4, 0.5) is 35.0 Å². The normalized spacial score (nSPS) is 15.8. The molecular weight excluding hydrogens is 343 g/mol. The first-order chi connectivity index (χ1) is 12.3. The number of rotatable bonds is 1. The lowest BCUT2D eigenvalue weighted by molar-refractivity contribution is -0.137. The van der Waals surface area contributed by atoms with Gasteiger partial charge in [-0.1, -0.05) is 6.07 Å². The molecule has 0 saturated heterocycles. The highest BCUT2D eigenvalue weighted by Crippen LogP contribution is 2.38. The van der Waals surface area contributed by atoms with Crippen LogP contribution in [0.3, 0.4) is 0 Å². The standard InChI is InChI=1S/C19H18F3N3O/c1-24-7-5-12-10-17-13(9-16(12)24)6-8-25(17)18(26)23-15-4-2-3-14(11-15)19(20,21)22/h2-4,9-11H,5-8H2,1H3,(H,23,26). The summed E-state index contributed by atoms with van der Waals surface area (Å²) < 4.78 is 38.5. The zero-order valence-electron chi connectivity index (χ0n) is 14.2. The molecule has 2 aliphatic heterocycles. The fraction of sp³-hybridized carbons (Fsp3) is 0.316. The topological polar surface area (TPSA) is 35.6 Å². The lowest BCUT2D eigenvalue weighted by Gasteiger charge is -2.20. The molecule has 2 aromatic rings. The van der Waals surface area contributed by atoms with E-state index in [-0.39, 0.29) is 5.69 Å². The molecule has 7 heteroatoms. The van der Waals surface area contributed by atoms with E-state index in [0.717, 1.165) is 42.8 Å². The number of nitrogens with zero attached hydrogens (tertiary/aromatic N) is 2. The van der Waals surface area contributed by atoms with Crippen molar-refractivity contribution in [1.82, 2.24) is 0 Å². The number of hydrogen-bond acceptors (Lipinski definition) is 2. The van der Waals surface area contributed by atoms with Gasteiger partial charge in [-0.25, -0.2) is 4.79 Å². The van der Waals surface area contributed by atoms with Crippen molar-refractivity contribution in [2.75, 3.05) is 35.3 Å². The van der Waals surface area contributed by atoms with Crippen molar-refractivity contribution < 1.29 is 18.0 Å². The molecule has 2 amide bonds. The Hall–Kier alpha value is -2.70. The Morgan fingerprint density at radius 2 is 1.73 bits per heavy atom. The molecule has 0 aliphatic carbocycles. The van der Waals surface area contributed by atoms with Crippen LogP contribution in [0.25, 0.3) is 0 Å². The number of alkyl halides is 3. The molecule has 0 bridgehead atoms. The van der Waals surface area contributed by atoms with Crippen LogP contribution in [0.2, 0.25) is 0 Å². The molecule has 2 aliphatic rings. The first-order valence-electron chi connectivity index (χ1n) is 8.45. The Labute approximate surface area is 149 Å². The van der Waals surface area contributed by atoms with Crippen LogP contribution in [-0.2, 0) is 19.0 Å². The van der Waals surface area contributed by atoms with Gasteiger partial charge in [0, 0.05) is 37.2 Å². The number of likely N-dealkylation sites (N-methyl/N-ethyl adjacent to an activating group) is 1. The van der Waals surface area contributed by atoms with Crippen LogP contribution in [0.5, 0.6) is 0 Å². The van der Waals surface area contributed by atoms with Gasteiger partial charge in [0.2, 0.25) is 0 Å². The summed E-state index contributed by atoms with van der Waals surface area (Å²) in [4.78, 5) is 16.4. The first kappa shape index (κ1) is 16.8. The molecule has 0 saturated carbocycles. The average Bonchev–Trinajstić information content (AvgIpc) is 3.16. The van der Waals surface area contributed by atoms with Gasteiger partial charge in [-0.3, -0.25) is 4.90 Å². The van der Waals surface area contributed by atoms with Crippen molar-refractivity contribution in [1.29, 1.82) is 0 Å². The maximum absolute atomic E-state index is 12.8. The molecule has 2 aromatic carbocycles. The predicted molar refractivity (Wildman–Crippen MR) is 94.9 cm³/mol. The Morgan fingerprint density at radius 1 is 1.04 bits per heavy atom. The number of urea groups is 1. The highest BCUT2D eigenvalue weighted by molar-refractivity contribution is 6.03. The van der Waals surface area contributed by atoms with Gasteiger partial charge in [0.25, 0.3) is 0 Å². The van der Waals surface area contributed by atoms with E-state index in [1.807, 2.05) is 13.1 Å². The van der Waals surface area contributed by atoms with E-state index in [0.29, 0.717) is 6.54 Å². The number of carbonyl (C=O) groups is 1. The molecular formula is C19H18F3N3O. The van der Waals surface area contributed by atoms with E-state index in [9.17, 15) is 18.0 Å². The fourth-order valence-corrected chi connectivity index (χ4v) is 3.61. The third kappa shape index (κ3) is 2.87. The van der Waals surface area contributed by atoms with Crippen molar-refractivity contribution in [3.63, 3.8) is 0 Å². The van der Waals surface area contributed by atoms with Gasteiger partial charge >= 0.3 is 12.2 Å². The molecule has 1 N–H and O–H groups in total. The van der Waals surface area contributed by atoms with Gasteiger partial charge in [-0.05, 0) is 54.3 Å². The molecule has 2 heterocycles. The van der Waals surface area contributed by atoms with Crippen molar-refractivity contribution in [2.24, 2.45) is 0 Å². The molecule has 0 fully saturated rings. The molecule has 0 unspecified atom stereocenters. The van der Waals surface area contributed by atoms with Gasteiger partial charge in [-0.2, -0.15) is 13.2 Å². The lowest BCUT2D eigenvalue weighted by Crippen LogP contribution is -2.33. The monoisotopic (exact) mass is 361 g/mol. The van der Waals surface area contributed by atoms with E-state index < -0.39 is 17.8 Å². The summed E-state index contributed by atoms with van der Waals surface area (Å²) in [5, 5.41) is 2.59. The average molecular weight is 361 g/mol. The van der Waals surface area contributed by atoms with Crippen molar-refractivity contribution in [2.45, 2.75) is 19.0 Å². The Kier molecular flexibility index (Phi) is 3.82. The zero-order valence-corrected chi connectivity index (χ0v) is 14.2. The summed E-state index contributed by atoms with van der Waals surface area (Å²) in [6.07, 6.45) is -2.76. The summed E-state index contributed by atoms with van der Waals surface area (Å²) in [7, 11) is 2.05. The molecule has 136 valence electrons. The molecule has 0 atom stereocenters. The largest absolute Gasteiger partial charge is 0.416 e. The maximum Gasteiger partial charge on any atom is 0.416 e. The third-order valence-electron chi connectivity index (χ3n) is 4.99. The molecule has 0 radical (unpaired) electrons. The van der Waals surface area contributed by atoms with E-state index in [1.54, 1.807) is 4.90 Å². The minimum absolute atomic E-state index is 0.138. The number of anilines is 3. The van der Waals surface area contributed by atoms with Crippen LogP contribution < -0.4 is 15.1 Å². The minimum atomic E-state index is -4.44. The highest BCUT2D eigenvalue weighted by atomic mass is 19.4. The quantitative estimate of drug-likeness (QED) is 0.822. The Morgan fingerprint density at radius 3 is 2.50 bits per heavy atom. The summed E-state index contributed by atoms with van der Waals surface area (Å²) in [5.74, 6) is 0. The van der Waals surface area contributed by atoms with Crippen molar-refractivity contribution in [3.05, 3.63) is 53.1 Å². The molecule has 0 spiro atoms. The van der Waals surface area contributed by atoms with Crippen LogP contribution in [0, 0.1) is 0 Å². The van der Waals surface area contributed by atoms with Gasteiger partial charge < -0.3 is 10.2 Å². The number of benzene rings is 2. The van der Waals surface area contributed by atoms with Crippen LogP contribution >= 0.6 is 0 Å². The van der Waals surface area contributed by atoms with Gasteiger partial charge in [0.1, 0.15) is 0 Å². The van der Waals surface area contributed by atoms with Crippen LogP contribution in [0.15, 0.2) is 36.4 Å². The van der Waals surface area contributed by atoms with Gasteiger partial charge in [-0.15, -0.1) is 0 Å². The summed E-state index contributed by atoms with van der Waals surface area (Å²) >= 11 is 0. The number of amides is 2. The molecule has 0 aromatic heterocycles. The summed E-state index contributed by atoms with van der Waals surface area (Å²) in [6.45, 7) is 1.47. The lowest BCUT2D eigenvalue weighted by atomic mass is 10.1. The highest BCUT2D eigenvalue weighted by Gasteiger charge is 2.31. The Balaban J connectivity index is 1.57. The summed E-state index contributed by atoms with van der Waals surface area (Å²) in [5.41, 5.74) is 3.70. The molecule has 4 nitrogen and oxygen atoms in total. The minimum Gasteiger partial charge on any atom is -0.374 e. The van der Waals surface area contributed by atoms with Crippen LogP contribution in [0.1, 0.15) is 16.7 Å². The van der Waals surface area contributed by atoms with E-state index >= 15 is 0 Å². The third-order valence-corrected chi connectivity index (χ3v) is 4.99. The van der Waals surface area contributed by atoms with Gasteiger partial charge in [0.05, 0.1) is 5.56 Å². The first-order valence-corrected chi connectivity index (χ1v) is 8.45. The zero-order chi connectivity index (χ0) is 18.5. The molecule has 4 rings (SSSR count). The second kappa shape index (κ2) is 5.93. The number of halogens is 3. The van der Waals surface area contributed by atoms with Crippen molar-refractivity contribution in [3.8, 4) is 0 Å². The predicted octanol–water partition coefficient (Wildman–Crippen LogP) is 4.29. The number of fused-ring (bicyclic) bond motifs is 2. The van der Waals surface area contributed by atoms with E-state index in [4.69, 9.17) is 0 Å². The Bertz CT molecular complexity index is 879.